The van der Waals surface area contributed by atoms with Gasteiger partial charge in [0.1, 0.15) is 5.84 Å². The second-order valence-corrected chi connectivity index (χ2v) is 7.37. The molecule has 4 aliphatic rings. The predicted octanol–water partition coefficient (Wildman–Crippen LogP) is 2.08. The van der Waals surface area contributed by atoms with Crippen molar-refractivity contribution >= 4 is 16.7 Å². The molecule has 1 aromatic carbocycles. The van der Waals surface area contributed by atoms with Gasteiger partial charge in [0.2, 0.25) is 0 Å². The summed E-state index contributed by atoms with van der Waals surface area (Å²) in [6.07, 6.45) is 4.54. The summed E-state index contributed by atoms with van der Waals surface area (Å²) in [6, 6.07) is 4.85. The summed E-state index contributed by atoms with van der Waals surface area (Å²) in [6.45, 7) is 7.52. The smallest absolute Gasteiger partial charge is 0.130 e. The van der Waals surface area contributed by atoms with E-state index < -0.39 is 0 Å². The highest BCUT2D eigenvalue weighted by Crippen LogP contribution is 2.33. The molecule has 5 heteroatoms. The number of nitrogens with zero attached hydrogens (tertiary/aromatic N) is 4. The highest BCUT2D eigenvalue weighted by atomic mass is 15.3. The van der Waals surface area contributed by atoms with Crippen molar-refractivity contribution in [2.75, 3.05) is 26.2 Å². The quantitative estimate of drug-likeness (QED) is 0.877. The minimum atomic E-state index is 0.505. The first-order valence-electron chi connectivity index (χ1n) is 8.75. The van der Waals surface area contributed by atoms with Crippen molar-refractivity contribution < 1.29 is 0 Å². The molecule has 5 heterocycles. The third-order valence-electron chi connectivity index (χ3n) is 6.00. The van der Waals surface area contributed by atoms with E-state index in [2.05, 4.69) is 38.6 Å². The van der Waals surface area contributed by atoms with Crippen LogP contribution in [0.4, 0.5) is 0 Å². The van der Waals surface area contributed by atoms with E-state index in [4.69, 9.17) is 5.41 Å². The van der Waals surface area contributed by atoms with Gasteiger partial charge < -0.3 is 9.80 Å². The molecule has 3 saturated heterocycles. The molecule has 1 aromatic heterocycles. The van der Waals surface area contributed by atoms with E-state index in [1.54, 1.807) is 0 Å². The average Bonchev–Trinajstić information content (AvgIpc) is 2.91. The largest absolute Gasteiger partial charge is 0.350 e. The summed E-state index contributed by atoms with van der Waals surface area (Å²) in [4.78, 5) is 4.95. The predicted molar refractivity (Wildman–Crippen MR) is 91.0 cm³/mol. The summed E-state index contributed by atoms with van der Waals surface area (Å²) in [5.74, 6) is 1.46. The standard InChI is InChI=1S/C18H23N5/c1-12-8-14-10-20-23-7-6-22(18(19)15(9-12)17(14)23)16-11-21-4-2-13(16)3-5-21/h8-10,13,16,19H,2-7,11H2,1H3. The molecule has 1 atom stereocenters. The van der Waals surface area contributed by atoms with Gasteiger partial charge in [0.15, 0.2) is 0 Å². The number of hydrogen-bond donors (Lipinski definition) is 1. The van der Waals surface area contributed by atoms with Crippen molar-refractivity contribution in [2.45, 2.75) is 32.4 Å². The van der Waals surface area contributed by atoms with Crippen LogP contribution >= 0.6 is 0 Å². The minimum Gasteiger partial charge on any atom is -0.350 e. The van der Waals surface area contributed by atoms with E-state index in [-0.39, 0.29) is 0 Å². The lowest BCUT2D eigenvalue weighted by atomic mass is 9.83. The van der Waals surface area contributed by atoms with Gasteiger partial charge in [0.05, 0.1) is 18.3 Å². The van der Waals surface area contributed by atoms with Gasteiger partial charge in [0.25, 0.3) is 0 Å². The van der Waals surface area contributed by atoms with Crippen LogP contribution in [0, 0.1) is 18.3 Å². The number of piperidine rings is 3. The second kappa shape index (κ2) is 4.81. The molecule has 1 unspecified atom stereocenters. The number of aromatic nitrogens is 2. The monoisotopic (exact) mass is 309 g/mol. The van der Waals surface area contributed by atoms with Crippen molar-refractivity contribution in [2.24, 2.45) is 5.92 Å². The molecule has 5 nitrogen and oxygen atoms in total. The van der Waals surface area contributed by atoms with Crippen LogP contribution in [-0.2, 0) is 6.54 Å². The van der Waals surface area contributed by atoms with E-state index in [1.807, 2.05) is 6.20 Å². The maximum Gasteiger partial charge on any atom is 0.130 e. The van der Waals surface area contributed by atoms with Gasteiger partial charge in [-0.3, -0.25) is 10.1 Å². The normalized spacial score (nSPS) is 30.0. The lowest BCUT2D eigenvalue weighted by Crippen LogP contribution is -2.58. The van der Waals surface area contributed by atoms with E-state index in [0.717, 1.165) is 36.6 Å². The maximum absolute atomic E-state index is 8.92. The SMILES string of the molecule is Cc1cc2c3c(cnn3CCN(C3CN4CCC3CC4)C2=N)c1. The number of aryl methyl sites for hydroxylation is 1. The van der Waals surface area contributed by atoms with Gasteiger partial charge in [0, 0.05) is 30.1 Å². The third kappa shape index (κ3) is 1.96. The number of amidine groups is 1. The van der Waals surface area contributed by atoms with Crippen LogP contribution in [-0.4, -0.2) is 57.6 Å². The van der Waals surface area contributed by atoms with Gasteiger partial charge in [-0.2, -0.15) is 5.10 Å². The van der Waals surface area contributed by atoms with Crippen LogP contribution in [0.25, 0.3) is 10.9 Å². The molecule has 0 radical (unpaired) electrons. The van der Waals surface area contributed by atoms with Crippen molar-refractivity contribution in [3.05, 3.63) is 29.5 Å². The van der Waals surface area contributed by atoms with Crippen molar-refractivity contribution in [3.63, 3.8) is 0 Å². The van der Waals surface area contributed by atoms with Crippen LogP contribution in [0.1, 0.15) is 24.0 Å². The number of hydrogen-bond acceptors (Lipinski definition) is 3. The lowest BCUT2D eigenvalue weighted by molar-refractivity contribution is 0.0332. The molecule has 4 aliphatic heterocycles. The molecule has 0 amide bonds. The number of benzene rings is 1. The molecule has 6 rings (SSSR count). The van der Waals surface area contributed by atoms with E-state index in [0.29, 0.717) is 11.9 Å². The van der Waals surface area contributed by atoms with Crippen molar-refractivity contribution in [1.29, 1.82) is 5.41 Å². The fraction of sp³-hybridized carbons (Fsp3) is 0.556. The molecule has 0 spiro atoms. The minimum absolute atomic E-state index is 0.505. The Kier molecular flexibility index (Phi) is 2.83. The molecular formula is C18H23N5. The van der Waals surface area contributed by atoms with Gasteiger partial charge in [-0.1, -0.05) is 0 Å². The Bertz CT molecular complexity index is 784. The van der Waals surface area contributed by atoms with Crippen molar-refractivity contribution in [1.82, 2.24) is 19.6 Å². The Morgan fingerprint density at radius 3 is 2.70 bits per heavy atom. The summed E-state index contributed by atoms with van der Waals surface area (Å²) in [5.41, 5.74) is 3.42. The molecule has 23 heavy (non-hydrogen) atoms. The fourth-order valence-electron chi connectivity index (χ4n) is 4.82. The Morgan fingerprint density at radius 2 is 1.96 bits per heavy atom. The molecule has 0 saturated carbocycles. The first-order chi connectivity index (χ1) is 11.2. The number of rotatable bonds is 1. The maximum atomic E-state index is 8.92. The number of fused-ring (bicyclic) bond motifs is 3. The van der Waals surface area contributed by atoms with E-state index in [9.17, 15) is 0 Å². The Hall–Kier alpha value is -1.88. The summed E-state index contributed by atoms with van der Waals surface area (Å²) < 4.78 is 2.10. The fourth-order valence-corrected chi connectivity index (χ4v) is 4.82. The van der Waals surface area contributed by atoms with Gasteiger partial charge in [-0.05, 0) is 56.5 Å². The molecule has 0 aliphatic carbocycles. The molecule has 3 fully saturated rings. The molecule has 2 aromatic rings. The van der Waals surface area contributed by atoms with Gasteiger partial charge >= 0.3 is 0 Å². The van der Waals surface area contributed by atoms with Crippen LogP contribution in [0.3, 0.4) is 0 Å². The first kappa shape index (κ1) is 13.5. The Labute approximate surface area is 136 Å². The first-order valence-corrected chi connectivity index (χ1v) is 8.75. The van der Waals surface area contributed by atoms with E-state index in [1.165, 1.54) is 36.9 Å². The average molecular weight is 309 g/mol. The number of nitrogens with one attached hydrogen (secondary N) is 1. The lowest BCUT2D eigenvalue weighted by Gasteiger charge is -2.49. The summed E-state index contributed by atoms with van der Waals surface area (Å²) in [5, 5.41) is 14.7. The Balaban J connectivity index is 1.58. The van der Waals surface area contributed by atoms with Gasteiger partial charge in [-0.25, -0.2) is 0 Å². The third-order valence-corrected chi connectivity index (χ3v) is 6.00. The highest BCUT2D eigenvalue weighted by molar-refractivity contribution is 6.07. The molecule has 2 bridgehead atoms. The molecule has 1 N–H and O–H groups in total. The zero-order chi connectivity index (χ0) is 15.6. The molecule has 120 valence electrons. The highest BCUT2D eigenvalue weighted by Gasteiger charge is 2.39. The Morgan fingerprint density at radius 1 is 1.13 bits per heavy atom. The van der Waals surface area contributed by atoms with Crippen LogP contribution in [0.15, 0.2) is 18.3 Å². The van der Waals surface area contributed by atoms with Crippen LogP contribution in [0.2, 0.25) is 0 Å². The van der Waals surface area contributed by atoms with Crippen LogP contribution < -0.4 is 0 Å². The molecular weight excluding hydrogens is 286 g/mol. The van der Waals surface area contributed by atoms with E-state index >= 15 is 0 Å². The zero-order valence-electron chi connectivity index (χ0n) is 13.6. The zero-order valence-corrected chi connectivity index (χ0v) is 13.6. The van der Waals surface area contributed by atoms with Gasteiger partial charge in [-0.15, -0.1) is 0 Å². The second-order valence-electron chi connectivity index (χ2n) is 7.37. The van der Waals surface area contributed by atoms with Crippen LogP contribution in [0.5, 0.6) is 0 Å². The van der Waals surface area contributed by atoms with Crippen molar-refractivity contribution in [3.8, 4) is 0 Å². The summed E-state index contributed by atoms with van der Waals surface area (Å²) in [7, 11) is 0. The topological polar surface area (TPSA) is 48.2 Å². The summed E-state index contributed by atoms with van der Waals surface area (Å²) >= 11 is 0.